The summed E-state index contributed by atoms with van der Waals surface area (Å²) in [6.45, 7) is 5.68. The number of nitrogens with one attached hydrogen (secondary N) is 1. The minimum Gasteiger partial charge on any atom is -0.365 e. The standard InChI is InChI=1S/C18H18F3N3O2/c1-3-10(25)24-8(2)14(19)12-11(9-5-4-6-23-7-9)15(20)16(21)13(17(12)24)18(22)26/h3,9,23H,1,4-7H2,2H3,(H2,22,26). The van der Waals surface area contributed by atoms with Crippen LogP contribution < -0.4 is 11.1 Å². The number of benzene rings is 1. The summed E-state index contributed by atoms with van der Waals surface area (Å²) in [6.07, 6.45) is 2.13. The van der Waals surface area contributed by atoms with E-state index in [4.69, 9.17) is 5.73 Å². The highest BCUT2D eigenvalue weighted by Gasteiger charge is 2.34. The topological polar surface area (TPSA) is 77.1 Å². The number of fused-ring (bicyclic) bond motifs is 1. The molecule has 2 aromatic rings. The number of hydrogen-bond donors (Lipinski definition) is 2. The van der Waals surface area contributed by atoms with Crippen molar-refractivity contribution in [3.63, 3.8) is 0 Å². The lowest BCUT2D eigenvalue weighted by molar-refractivity contribution is 0.0971. The smallest absolute Gasteiger partial charge is 0.254 e. The first-order chi connectivity index (χ1) is 12.3. The van der Waals surface area contributed by atoms with E-state index in [0.29, 0.717) is 19.4 Å². The normalized spacial score (nSPS) is 17.5. The van der Waals surface area contributed by atoms with Gasteiger partial charge in [-0.1, -0.05) is 6.58 Å². The summed E-state index contributed by atoms with van der Waals surface area (Å²) in [6, 6.07) is 0. The van der Waals surface area contributed by atoms with Gasteiger partial charge in [0.15, 0.2) is 17.5 Å². The number of aromatic nitrogens is 1. The first-order valence-electron chi connectivity index (χ1n) is 8.19. The maximum atomic E-state index is 15.0. The molecule has 1 aliphatic heterocycles. The summed E-state index contributed by atoms with van der Waals surface area (Å²) >= 11 is 0. The minimum atomic E-state index is -1.47. The van der Waals surface area contributed by atoms with Gasteiger partial charge in [-0.15, -0.1) is 0 Å². The number of allylic oxidation sites excluding steroid dienone is 1. The Kier molecular flexibility index (Phi) is 4.62. The molecule has 1 amide bonds. The highest BCUT2D eigenvalue weighted by atomic mass is 19.2. The van der Waals surface area contributed by atoms with Crippen molar-refractivity contribution in [3.05, 3.63) is 46.9 Å². The maximum absolute atomic E-state index is 15.0. The minimum absolute atomic E-state index is 0.164. The van der Waals surface area contributed by atoms with Gasteiger partial charge < -0.3 is 11.1 Å². The van der Waals surface area contributed by atoms with Gasteiger partial charge in [-0.05, 0) is 32.4 Å². The number of nitrogens with two attached hydrogens (primary N) is 1. The molecule has 0 saturated carbocycles. The third-order valence-corrected chi connectivity index (χ3v) is 4.83. The fourth-order valence-electron chi connectivity index (χ4n) is 3.66. The zero-order chi connectivity index (χ0) is 19.2. The molecule has 0 radical (unpaired) electrons. The van der Waals surface area contributed by atoms with Crippen molar-refractivity contribution in [1.82, 2.24) is 9.88 Å². The molecule has 3 N–H and O–H groups in total. The molecule has 0 spiro atoms. The van der Waals surface area contributed by atoms with Gasteiger partial charge in [-0.3, -0.25) is 14.2 Å². The van der Waals surface area contributed by atoms with Crippen LogP contribution >= 0.6 is 0 Å². The van der Waals surface area contributed by atoms with Gasteiger partial charge in [0, 0.05) is 23.4 Å². The summed E-state index contributed by atoms with van der Waals surface area (Å²) in [5, 5.41) is 2.79. The Morgan fingerprint density at radius 2 is 1.96 bits per heavy atom. The van der Waals surface area contributed by atoms with E-state index in [2.05, 4.69) is 11.9 Å². The molecule has 0 aliphatic carbocycles. The molecule has 3 rings (SSSR count). The molecule has 1 fully saturated rings. The number of nitrogens with zero attached hydrogens (tertiary/aromatic N) is 1. The lowest BCUT2D eigenvalue weighted by Crippen LogP contribution is -2.29. The zero-order valence-corrected chi connectivity index (χ0v) is 14.2. The van der Waals surface area contributed by atoms with Gasteiger partial charge in [0.25, 0.3) is 11.8 Å². The number of carbonyl (C=O) groups excluding carboxylic acids is 2. The molecule has 1 saturated heterocycles. The predicted octanol–water partition coefficient (Wildman–Crippen LogP) is 2.76. The second-order valence-corrected chi connectivity index (χ2v) is 6.32. The van der Waals surface area contributed by atoms with Crippen molar-refractivity contribution in [1.29, 1.82) is 0 Å². The van der Waals surface area contributed by atoms with E-state index in [9.17, 15) is 18.4 Å². The van der Waals surface area contributed by atoms with E-state index >= 15 is 4.39 Å². The van der Waals surface area contributed by atoms with Crippen molar-refractivity contribution in [2.24, 2.45) is 5.73 Å². The number of primary amides is 1. The fourth-order valence-corrected chi connectivity index (χ4v) is 3.66. The van der Waals surface area contributed by atoms with Crippen molar-refractivity contribution in [2.45, 2.75) is 25.7 Å². The largest absolute Gasteiger partial charge is 0.365 e. The SMILES string of the molecule is C=CC(=O)n1c(C)c(F)c2c(C3CCCNC3)c(F)c(F)c(C(N)=O)c21. The molecule has 1 aromatic carbocycles. The van der Waals surface area contributed by atoms with E-state index in [0.717, 1.165) is 17.2 Å². The average Bonchev–Trinajstić information content (AvgIpc) is 2.87. The van der Waals surface area contributed by atoms with Crippen LogP contribution in [0.1, 0.15) is 45.2 Å². The second-order valence-electron chi connectivity index (χ2n) is 6.32. The van der Waals surface area contributed by atoms with Crippen molar-refractivity contribution >= 4 is 22.7 Å². The van der Waals surface area contributed by atoms with Gasteiger partial charge in [0.1, 0.15) is 5.56 Å². The van der Waals surface area contributed by atoms with Crippen LogP contribution in [0, 0.1) is 24.4 Å². The molecule has 5 nitrogen and oxygen atoms in total. The molecule has 0 bridgehead atoms. The highest BCUT2D eigenvalue weighted by molar-refractivity contribution is 6.11. The molecule has 1 aliphatic rings. The summed E-state index contributed by atoms with van der Waals surface area (Å²) in [7, 11) is 0. The Morgan fingerprint density at radius 3 is 2.50 bits per heavy atom. The molecule has 8 heteroatoms. The predicted molar refractivity (Wildman–Crippen MR) is 90.7 cm³/mol. The summed E-state index contributed by atoms with van der Waals surface area (Å²) < 4.78 is 45.4. The molecular weight excluding hydrogens is 347 g/mol. The van der Waals surface area contributed by atoms with Crippen LogP contribution in [0.4, 0.5) is 13.2 Å². The van der Waals surface area contributed by atoms with Crippen LogP contribution in [-0.4, -0.2) is 29.5 Å². The van der Waals surface area contributed by atoms with Crippen LogP contribution in [0.25, 0.3) is 10.9 Å². The van der Waals surface area contributed by atoms with E-state index in [1.807, 2.05) is 0 Å². The molecule has 1 atom stereocenters. The van der Waals surface area contributed by atoms with Gasteiger partial charge >= 0.3 is 0 Å². The molecule has 138 valence electrons. The van der Waals surface area contributed by atoms with E-state index in [-0.39, 0.29) is 22.2 Å². The van der Waals surface area contributed by atoms with E-state index in [1.165, 1.54) is 6.92 Å². The molecule has 1 aromatic heterocycles. The Bertz CT molecular complexity index is 944. The Labute approximate surface area is 147 Å². The lowest BCUT2D eigenvalue weighted by atomic mass is 9.87. The number of piperidine rings is 1. The summed E-state index contributed by atoms with van der Waals surface area (Å²) in [4.78, 5) is 24.0. The molecular formula is C18H18F3N3O2. The number of rotatable bonds is 3. The maximum Gasteiger partial charge on any atom is 0.254 e. The first kappa shape index (κ1) is 18.2. The van der Waals surface area contributed by atoms with E-state index in [1.54, 1.807) is 0 Å². The van der Waals surface area contributed by atoms with Crippen LogP contribution in [0.5, 0.6) is 0 Å². The number of halogens is 3. The Balaban J connectivity index is 2.52. The van der Waals surface area contributed by atoms with Gasteiger partial charge in [0.2, 0.25) is 0 Å². The van der Waals surface area contributed by atoms with E-state index < -0.39 is 40.7 Å². The molecule has 1 unspecified atom stereocenters. The van der Waals surface area contributed by atoms with Crippen molar-refractivity contribution in [3.8, 4) is 0 Å². The van der Waals surface area contributed by atoms with Gasteiger partial charge in [0.05, 0.1) is 11.2 Å². The zero-order valence-electron chi connectivity index (χ0n) is 14.2. The first-order valence-corrected chi connectivity index (χ1v) is 8.19. The average molecular weight is 365 g/mol. The quantitative estimate of drug-likeness (QED) is 0.821. The molecule has 26 heavy (non-hydrogen) atoms. The number of carbonyl (C=O) groups is 2. The van der Waals surface area contributed by atoms with Gasteiger partial charge in [-0.25, -0.2) is 13.2 Å². The monoisotopic (exact) mass is 365 g/mol. The van der Waals surface area contributed by atoms with Crippen LogP contribution in [-0.2, 0) is 0 Å². The van der Waals surface area contributed by atoms with Crippen molar-refractivity contribution < 1.29 is 22.8 Å². The third kappa shape index (κ3) is 2.52. The van der Waals surface area contributed by atoms with Crippen LogP contribution in [0.2, 0.25) is 0 Å². The Morgan fingerprint density at radius 1 is 1.27 bits per heavy atom. The van der Waals surface area contributed by atoms with Crippen LogP contribution in [0.15, 0.2) is 12.7 Å². The van der Waals surface area contributed by atoms with Crippen molar-refractivity contribution in [2.75, 3.05) is 13.1 Å². The Hall–Kier alpha value is -2.61. The third-order valence-electron chi connectivity index (χ3n) is 4.83. The number of hydrogen-bond acceptors (Lipinski definition) is 3. The van der Waals surface area contributed by atoms with Gasteiger partial charge in [-0.2, -0.15) is 0 Å². The number of amides is 1. The fraction of sp³-hybridized carbons (Fsp3) is 0.333. The summed E-state index contributed by atoms with van der Waals surface area (Å²) in [5.74, 6) is -6.19. The highest BCUT2D eigenvalue weighted by Crippen LogP contribution is 2.39. The van der Waals surface area contributed by atoms with Crippen LogP contribution in [0.3, 0.4) is 0 Å². The lowest BCUT2D eigenvalue weighted by Gasteiger charge is -2.25. The summed E-state index contributed by atoms with van der Waals surface area (Å²) in [5.41, 5.74) is 3.69. The molecule has 2 heterocycles. The second kappa shape index (κ2) is 6.60.